The van der Waals surface area contributed by atoms with Gasteiger partial charge in [0.05, 0.1) is 23.8 Å². The van der Waals surface area contributed by atoms with E-state index in [-0.39, 0.29) is 23.3 Å². The summed E-state index contributed by atoms with van der Waals surface area (Å²) in [4.78, 5) is 33.1. The third kappa shape index (κ3) is 6.26. The lowest BCUT2D eigenvalue weighted by molar-refractivity contribution is -0.131. The molecule has 3 heterocycles. The van der Waals surface area contributed by atoms with Gasteiger partial charge in [-0.05, 0) is 80.8 Å². The minimum atomic E-state index is -0.470. The molecule has 1 aromatic carbocycles. The number of hydrogen-bond acceptors (Lipinski definition) is 5. The lowest BCUT2D eigenvalue weighted by Crippen LogP contribution is -2.59. The lowest BCUT2D eigenvalue weighted by Gasteiger charge is -2.46. The molecule has 0 bridgehead atoms. The third-order valence-electron chi connectivity index (χ3n) is 10.2. The van der Waals surface area contributed by atoms with Crippen LogP contribution in [-0.2, 0) is 19.7 Å². The van der Waals surface area contributed by atoms with Gasteiger partial charge in [0.2, 0.25) is 11.8 Å². The van der Waals surface area contributed by atoms with E-state index in [1.54, 1.807) is 7.11 Å². The molecule has 3 aliphatic heterocycles. The van der Waals surface area contributed by atoms with Gasteiger partial charge in [-0.1, -0.05) is 55.6 Å². The van der Waals surface area contributed by atoms with Gasteiger partial charge in [-0.3, -0.25) is 14.5 Å². The van der Waals surface area contributed by atoms with Gasteiger partial charge < -0.3 is 19.9 Å². The van der Waals surface area contributed by atoms with Gasteiger partial charge in [-0.25, -0.2) is 0 Å². The molecule has 0 saturated carbocycles. The molecular formula is C33H46Cl2N4O3. The molecule has 0 aromatic heterocycles. The average molecular weight is 618 g/mol. The first kappa shape index (κ1) is 31.4. The van der Waals surface area contributed by atoms with E-state index in [0.29, 0.717) is 29.1 Å². The summed E-state index contributed by atoms with van der Waals surface area (Å²) in [5, 5.41) is 4.28. The van der Waals surface area contributed by atoms with Crippen LogP contribution in [0.25, 0.3) is 0 Å². The fourth-order valence-corrected chi connectivity index (χ4v) is 7.82. The van der Waals surface area contributed by atoms with E-state index in [2.05, 4.69) is 52.1 Å². The topological polar surface area (TPSA) is 65.1 Å². The van der Waals surface area contributed by atoms with E-state index in [9.17, 15) is 9.59 Å². The zero-order valence-corrected chi connectivity index (χ0v) is 26.9. The van der Waals surface area contributed by atoms with E-state index in [0.717, 1.165) is 83.4 Å². The molecule has 0 radical (unpaired) electrons. The molecule has 9 heteroatoms. The molecule has 3 atom stereocenters. The summed E-state index contributed by atoms with van der Waals surface area (Å²) < 4.78 is 5.52. The number of carbonyl (C=O) groups excluding carboxylic acids is 2. The summed E-state index contributed by atoms with van der Waals surface area (Å²) in [6, 6.07) is 6.12. The number of nitrogens with zero attached hydrogens (tertiary/aromatic N) is 3. The molecule has 42 heavy (non-hydrogen) atoms. The number of likely N-dealkylation sites (tertiary alicyclic amines) is 2. The number of allylic oxidation sites excluding steroid dienone is 1. The van der Waals surface area contributed by atoms with Crippen LogP contribution in [0.3, 0.4) is 0 Å². The van der Waals surface area contributed by atoms with E-state index in [1.807, 2.05) is 18.2 Å². The molecule has 3 unspecified atom stereocenters. The Hall–Kier alpha value is -2.06. The number of halogens is 2. The molecule has 1 aromatic rings. The molecule has 1 aliphatic carbocycles. The standard InChI is InChI=1S/C33H46Cl2N4O3/c1-4-5-7-30(40)38-19-13-32(22-38,25-9-11-27(34)28(35)20-25)12-6-16-37-17-14-33(15-18-37)31(41)36-23-39(33)29-21-26(42-3)10-8-24(29)2/h8-11,20-21,24,29H,4-7,12-19,22-23H2,1-3H3,(H,36,41). The van der Waals surface area contributed by atoms with Gasteiger partial charge in [-0.2, -0.15) is 0 Å². The maximum absolute atomic E-state index is 13.3. The van der Waals surface area contributed by atoms with Crippen LogP contribution in [0.1, 0.15) is 70.8 Å². The van der Waals surface area contributed by atoms with Crippen molar-refractivity contribution in [2.24, 2.45) is 5.92 Å². The molecule has 4 aliphatic rings. The van der Waals surface area contributed by atoms with Crippen molar-refractivity contribution < 1.29 is 14.3 Å². The first-order chi connectivity index (χ1) is 20.2. The average Bonchev–Trinajstić information content (AvgIpc) is 3.57. The molecule has 3 fully saturated rings. The van der Waals surface area contributed by atoms with Crippen molar-refractivity contribution in [1.82, 2.24) is 20.0 Å². The van der Waals surface area contributed by atoms with E-state index in [4.69, 9.17) is 27.9 Å². The molecule has 230 valence electrons. The predicted octanol–water partition coefficient (Wildman–Crippen LogP) is 5.76. The van der Waals surface area contributed by atoms with Crippen molar-refractivity contribution in [3.63, 3.8) is 0 Å². The summed E-state index contributed by atoms with van der Waals surface area (Å²) in [6.07, 6.45) is 13.5. The number of rotatable bonds is 10. The first-order valence-electron chi connectivity index (χ1n) is 15.7. The molecular weight excluding hydrogens is 571 g/mol. The normalized spacial score (nSPS) is 27.9. The fraction of sp³-hybridized carbons (Fsp3) is 0.636. The number of ether oxygens (including phenoxy) is 1. The van der Waals surface area contributed by atoms with Crippen molar-refractivity contribution in [3.8, 4) is 0 Å². The summed E-state index contributed by atoms with van der Waals surface area (Å²) in [5.74, 6) is 1.59. The van der Waals surface area contributed by atoms with E-state index < -0.39 is 5.54 Å². The molecule has 2 amide bonds. The minimum Gasteiger partial charge on any atom is -0.497 e. The SMILES string of the molecule is CCCCC(=O)N1CCC(CCCN2CCC3(CC2)C(=O)NCN3C2C=C(OC)C=CC2C)(c2ccc(Cl)c(Cl)c2)C1. The van der Waals surface area contributed by atoms with Gasteiger partial charge in [0, 0.05) is 44.1 Å². The zero-order chi connectivity index (χ0) is 29.9. The third-order valence-corrected chi connectivity index (χ3v) is 11.0. The second kappa shape index (κ2) is 13.3. The van der Waals surface area contributed by atoms with Crippen molar-refractivity contribution >= 4 is 35.0 Å². The highest BCUT2D eigenvalue weighted by Crippen LogP contribution is 2.42. The largest absolute Gasteiger partial charge is 0.497 e. The van der Waals surface area contributed by atoms with Crippen LogP contribution in [0.4, 0.5) is 0 Å². The van der Waals surface area contributed by atoms with Crippen LogP contribution >= 0.6 is 23.2 Å². The number of benzene rings is 1. The highest BCUT2D eigenvalue weighted by atomic mass is 35.5. The van der Waals surface area contributed by atoms with Crippen molar-refractivity contribution in [2.75, 3.05) is 46.5 Å². The molecule has 3 saturated heterocycles. The number of hydrogen-bond donors (Lipinski definition) is 1. The highest BCUT2D eigenvalue weighted by Gasteiger charge is 2.53. The van der Waals surface area contributed by atoms with Gasteiger partial charge >= 0.3 is 0 Å². The maximum atomic E-state index is 13.3. The van der Waals surface area contributed by atoms with Crippen LogP contribution in [0, 0.1) is 5.92 Å². The summed E-state index contributed by atoms with van der Waals surface area (Å²) >= 11 is 12.7. The summed E-state index contributed by atoms with van der Waals surface area (Å²) in [7, 11) is 1.70. The number of unbranched alkanes of at least 4 members (excludes halogenated alkanes) is 1. The number of methoxy groups -OCH3 is 1. The Morgan fingerprint density at radius 2 is 1.90 bits per heavy atom. The Bertz CT molecular complexity index is 1210. The Balaban J connectivity index is 1.22. The van der Waals surface area contributed by atoms with Crippen LogP contribution in [-0.4, -0.2) is 84.6 Å². The monoisotopic (exact) mass is 616 g/mol. The van der Waals surface area contributed by atoms with Crippen molar-refractivity contribution in [1.29, 1.82) is 0 Å². The Morgan fingerprint density at radius 1 is 1.12 bits per heavy atom. The van der Waals surface area contributed by atoms with Gasteiger partial charge in [0.1, 0.15) is 11.3 Å². The van der Waals surface area contributed by atoms with E-state index >= 15 is 0 Å². The van der Waals surface area contributed by atoms with Crippen LogP contribution < -0.4 is 5.32 Å². The second-order valence-electron chi connectivity index (χ2n) is 12.7. The maximum Gasteiger partial charge on any atom is 0.241 e. The minimum absolute atomic E-state index is 0.120. The second-order valence-corrected chi connectivity index (χ2v) is 13.5. The van der Waals surface area contributed by atoms with Gasteiger partial charge in [-0.15, -0.1) is 0 Å². The molecule has 5 rings (SSSR count). The highest BCUT2D eigenvalue weighted by molar-refractivity contribution is 6.42. The van der Waals surface area contributed by atoms with Crippen LogP contribution in [0.15, 0.2) is 42.2 Å². The molecule has 7 nitrogen and oxygen atoms in total. The van der Waals surface area contributed by atoms with Gasteiger partial charge in [0.25, 0.3) is 0 Å². The summed E-state index contributed by atoms with van der Waals surface area (Å²) in [6.45, 7) is 9.19. The predicted molar refractivity (Wildman–Crippen MR) is 169 cm³/mol. The van der Waals surface area contributed by atoms with Crippen LogP contribution in [0.5, 0.6) is 0 Å². The Morgan fingerprint density at radius 3 is 2.62 bits per heavy atom. The van der Waals surface area contributed by atoms with Crippen molar-refractivity contribution in [2.45, 2.75) is 82.2 Å². The number of piperidine rings is 1. The van der Waals surface area contributed by atoms with Crippen molar-refractivity contribution in [3.05, 3.63) is 57.8 Å². The summed E-state index contributed by atoms with van der Waals surface area (Å²) in [5.41, 5.74) is 0.588. The zero-order valence-electron chi connectivity index (χ0n) is 25.3. The smallest absolute Gasteiger partial charge is 0.241 e. The number of carbonyl (C=O) groups is 2. The quantitative estimate of drug-likeness (QED) is 0.362. The Labute approximate surface area is 261 Å². The lowest BCUT2D eigenvalue weighted by atomic mass is 9.75. The number of amides is 2. The van der Waals surface area contributed by atoms with E-state index in [1.165, 1.54) is 5.56 Å². The molecule has 1 N–H and O–H groups in total. The Kier molecular flexibility index (Phi) is 9.93. The molecule has 1 spiro atoms. The van der Waals surface area contributed by atoms with Crippen LogP contribution in [0.2, 0.25) is 10.0 Å². The fourth-order valence-electron chi connectivity index (χ4n) is 7.52. The number of nitrogens with one attached hydrogen (secondary N) is 1. The first-order valence-corrected chi connectivity index (χ1v) is 16.4. The van der Waals surface area contributed by atoms with Gasteiger partial charge in [0.15, 0.2) is 0 Å².